The first-order chi connectivity index (χ1) is 15.1. The highest BCUT2D eigenvalue weighted by Crippen LogP contribution is 2.36. The van der Waals surface area contributed by atoms with Crippen molar-refractivity contribution in [2.24, 2.45) is 5.16 Å². The lowest BCUT2D eigenvalue weighted by Crippen LogP contribution is -2.09. The van der Waals surface area contributed by atoms with Gasteiger partial charge in [-0.2, -0.15) is 5.10 Å². The Labute approximate surface area is 180 Å². The molecule has 0 aliphatic carbocycles. The Morgan fingerprint density at radius 3 is 2.48 bits per heavy atom. The average Bonchev–Trinajstić information content (AvgIpc) is 3.52. The Balaban J connectivity index is 1.54. The first-order valence-corrected chi connectivity index (χ1v) is 10.2. The van der Waals surface area contributed by atoms with Gasteiger partial charge in [0.2, 0.25) is 0 Å². The molecule has 156 valence electrons. The minimum Gasteiger partial charge on any atom is -0.497 e. The number of aryl methyl sites for hydroxylation is 2. The van der Waals surface area contributed by atoms with Gasteiger partial charge in [-0.3, -0.25) is 4.57 Å². The molecule has 0 bridgehead atoms. The van der Waals surface area contributed by atoms with Crippen molar-refractivity contribution in [2.75, 3.05) is 7.11 Å². The largest absolute Gasteiger partial charge is 0.497 e. The third-order valence-electron chi connectivity index (χ3n) is 5.45. The van der Waals surface area contributed by atoms with Crippen LogP contribution in [0.25, 0.3) is 11.5 Å². The van der Waals surface area contributed by atoms with Crippen LogP contribution < -0.4 is 4.74 Å². The number of hydrogen-bond donors (Lipinski definition) is 0. The van der Waals surface area contributed by atoms with Crippen molar-refractivity contribution in [3.8, 4) is 17.3 Å². The van der Waals surface area contributed by atoms with Gasteiger partial charge in [-0.25, -0.2) is 9.67 Å². The van der Waals surface area contributed by atoms with Crippen LogP contribution in [-0.4, -0.2) is 32.2 Å². The molecule has 0 radical (unpaired) electrons. The van der Waals surface area contributed by atoms with E-state index in [4.69, 9.17) is 14.7 Å². The van der Waals surface area contributed by atoms with Gasteiger partial charge in [0.25, 0.3) is 0 Å². The zero-order valence-corrected chi connectivity index (χ0v) is 17.7. The fourth-order valence-corrected chi connectivity index (χ4v) is 3.92. The predicted octanol–water partition coefficient (Wildman–Crippen LogP) is 4.55. The van der Waals surface area contributed by atoms with Crippen molar-refractivity contribution in [3.63, 3.8) is 0 Å². The molecule has 0 N–H and O–H groups in total. The molecule has 4 aromatic rings. The average molecular weight is 413 g/mol. The fourth-order valence-electron chi connectivity index (χ4n) is 3.92. The molecule has 7 heteroatoms. The van der Waals surface area contributed by atoms with Gasteiger partial charge >= 0.3 is 0 Å². The maximum Gasteiger partial charge on any atom is 0.163 e. The number of para-hydroxylation sites is 1. The van der Waals surface area contributed by atoms with Gasteiger partial charge in [-0.15, -0.1) is 0 Å². The molecule has 5 rings (SSSR count). The Hall–Kier alpha value is -3.87. The molecule has 31 heavy (non-hydrogen) atoms. The highest BCUT2D eigenvalue weighted by molar-refractivity contribution is 6.01. The van der Waals surface area contributed by atoms with Gasteiger partial charge in [0.05, 0.1) is 35.5 Å². The zero-order chi connectivity index (χ0) is 21.4. The quantitative estimate of drug-likeness (QED) is 0.481. The predicted molar refractivity (Wildman–Crippen MR) is 118 cm³/mol. The van der Waals surface area contributed by atoms with Crippen molar-refractivity contribution in [2.45, 2.75) is 26.4 Å². The zero-order valence-electron chi connectivity index (χ0n) is 17.7. The smallest absolute Gasteiger partial charge is 0.163 e. The van der Waals surface area contributed by atoms with Gasteiger partial charge in [0.15, 0.2) is 6.10 Å². The van der Waals surface area contributed by atoms with E-state index in [1.54, 1.807) is 7.11 Å². The number of oxime groups is 1. The topological polar surface area (TPSA) is 66.5 Å². The van der Waals surface area contributed by atoms with Crippen LogP contribution in [0.5, 0.6) is 5.75 Å². The van der Waals surface area contributed by atoms with Gasteiger partial charge in [-0.05, 0) is 55.8 Å². The first-order valence-electron chi connectivity index (χ1n) is 10.2. The normalized spacial score (nSPS) is 15.6. The SMILES string of the molecule is COc1ccc(C2=NOC(c3c(C)nn(-c4ccccc4)c3-n3cnc(C)c3)C2)cc1. The Kier molecular flexibility index (Phi) is 4.78. The van der Waals surface area contributed by atoms with Crippen LogP contribution in [0.1, 0.15) is 35.0 Å². The lowest BCUT2D eigenvalue weighted by molar-refractivity contribution is 0.0852. The summed E-state index contributed by atoms with van der Waals surface area (Å²) < 4.78 is 9.21. The van der Waals surface area contributed by atoms with Crippen LogP contribution in [-0.2, 0) is 4.84 Å². The molecular weight excluding hydrogens is 390 g/mol. The van der Waals surface area contributed by atoms with Gasteiger partial charge in [0, 0.05) is 12.6 Å². The summed E-state index contributed by atoms with van der Waals surface area (Å²) in [4.78, 5) is 10.4. The van der Waals surface area contributed by atoms with Crippen molar-refractivity contribution in [3.05, 3.63) is 89.6 Å². The standard InChI is InChI=1S/C24H23N5O2/c1-16-14-28(15-25-16)24-23(17(2)26-29(24)19-7-5-4-6-8-19)22-13-21(27-31-22)18-9-11-20(30-3)12-10-18/h4-12,14-15,22H,13H2,1-3H3. The summed E-state index contributed by atoms with van der Waals surface area (Å²) in [6.45, 7) is 3.99. The van der Waals surface area contributed by atoms with E-state index in [1.165, 1.54) is 0 Å². The molecule has 0 saturated heterocycles. The lowest BCUT2D eigenvalue weighted by atomic mass is 10.00. The van der Waals surface area contributed by atoms with Crippen LogP contribution >= 0.6 is 0 Å². The minimum atomic E-state index is -0.229. The minimum absolute atomic E-state index is 0.229. The molecule has 3 heterocycles. The second-order valence-electron chi connectivity index (χ2n) is 7.56. The monoisotopic (exact) mass is 413 g/mol. The fraction of sp³-hybridized carbons (Fsp3) is 0.208. The molecule has 1 atom stereocenters. The summed E-state index contributed by atoms with van der Waals surface area (Å²) in [6, 6.07) is 18.0. The van der Waals surface area contributed by atoms with Crippen molar-refractivity contribution in [1.82, 2.24) is 19.3 Å². The van der Waals surface area contributed by atoms with Gasteiger partial charge < -0.3 is 9.57 Å². The van der Waals surface area contributed by atoms with E-state index in [0.717, 1.165) is 45.5 Å². The molecular formula is C24H23N5O2. The van der Waals surface area contributed by atoms with Crippen LogP contribution in [0.4, 0.5) is 0 Å². The highest BCUT2D eigenvalue weighted by atomic mass is 16.6. The van der Waals surface area contributed by atoms with Crippen molar-refractivity contribution in [1.29, 1.82) is 0 Å². The third kappa shape index (κ3) is 3.48. The molecule has 0 spiro atoms. The molecule has 0 fully saturated rings. The Bertz CT molecular complexity index is 1240. The molecule has 7 nitrogen and oxygen atoms in total. The molecule has 2 aromatic carbocycles. The van der Waals surface area contributed by atoms with E-state index < -0.39 is 0 Å². The number of aromatic nitrogens is 4. The molecule has 1 aliphatic heterocycles. The molecule has 0 amide bonds. The van der Waals surface area contributed by atoms with Crippen LogP contribution in [0, 0.1) is 13.8 Å². The molecule has 1 unspecified atom stereocenters. The Morgan fingerprint density at radius 2 is 1.81 bits per heavy atom. The molecule has 2 aromatic heterocycles. The van der Waals surface area contributed by atoms with Crippen LogP contribution in [0.2, 0.25) is 0 Å². The van der Waals surface area contributed by atoms with E-state index in [9.17, 15) is 0 Å². The second-order valence-corrected chi connectivity index (χ2v) is 7.56. The third-order valence-corrected chi connectivity index (χ3v) is 5.45. The summed E-state index contributed by atoms with van der Waals surface area (Å²) in [5.74, 6) is 1.73. The molecule has 1 aliphatic rings. The number of rotatable bonds is 5. The van der Waals surface area contributed by atoms with Crippen LogP contribution in [0.3, 0.4) is 0 Å². The Morgan fingerprint density at radius 1 is 1.03 bits per heavy atom. The maximum absolute atomic E-state index is 5.93. The number of ether oxygens (including phenoxy) is 1. The second kappa shape index (κ2) is 7.75. The van der Waals surface area contributed by atoms with Gasteiger partial charge in [-0.1, -0.05) is 23.4 Å². The number of hydrogen-bond acceptors (Lipinski definition) is 5. The summed E-state index contributed by atoms with van der Waals surface area (Å²) in [7, 11) is 1.66. The van der Waals surface area contributed by atoms with Crippen LogP contribution in [0.15, 0.2) is 72.3 Å². The highest BCUT2D eigenvalue weighted by Gasteiger charge is 2.32. The number of imidazole rings is 1. The first kappa shape index (κ1) is 19.1. The van der Waals surface area contributed by atoms with E-state index in [1.807, 2.05) is 90.2 Å². The lowest BCUT2D eigenvalue weighted by Gasteiger charge is -2.13. The summed E-state index contributed by atoms with van der Waals surface area (Å²) in [5.41, 5.74) is 5.76. The van der Waals surface area contributed by atoms with Gasteiger partial charge in [0.1, 0.15) is 17.9 Å². The number of methoxy groups -OCH3 is 1. The van der Waals surface area contributed by atoms with E-state index >= 15 is 0 Å². The van der Waals surface area contributed by atoms with E-state index in [-0.39, 0.29) is 6.10 Å². The summed E-state index contributed by atoms with van der Waals surface area (Å²) in [6.07, 6.45) is 4.25. The number of nitrogens with zero attached hydrogens (tertiary/aromatic N) is 5. The summed E-state index contributed by atoms with van der Waals surface area (Å²) in [5, 5.41) is 9.25. The van der Waals surface area contributed by atoms with Crippen molar-refractivity contribution >= 4 is 5.71 Å². The number of benzene rings is 2. The molecule has 0 saturated carbocycles. The van der Waals surface area contributed by atoms with E-state index in [0.29, 0.717) is 6.42 Å². The van der Waals surface area contributed by atoms with Crippen molar-refractivity contribution < 1.29 is 9.57 Å². The van der Waals surface area contributed by atoms with E-state index in [2.05, 4.69) is 10.1 Å². The summed E-state index contributed by atoms with van der Waals surface area (Å²) >= 11 is 0. The maximum atomic E-state index is 5.93.